The van der Waals surface area contributed by atoms with Gasteiger partial charge in [-0.25, -0.2) is 9.36 Å². The van der Waals surface area contributed by atoms with E-state index < -0.39 is 0 Å². The van der Waals surface area contributed by atoms with E-state index in [9.17, 15) is 4.79 Å². The van der Waals surface area contributed by atoms with E-state index >= 15 is 0 Å². The number of aromatic nitrogens is 6. The standard InChI is InChI=1S/C15H17N7OS/c1-11-4-3-5-12(8-11)9-22-13(6-7-16-22)17-14(23)10-24-15-18-19-20-21(15)2/h3-8H,9-10H2,1-2H3,(H,17,23). The number of tetrazole rings is 1. The lowest BCUT2D eigenvalue weighted by atomic mass is 10.1. The molecule has 0 saturated heterocycles. The van der Waals surface area contributed by atoms with E-state index in [4.69, 9.17) is 0 Å². The molecule has 3 aromatic rings. The van der Waals surface area contributed by atoms with E-state index in [0.717, 1.165) is 5.56 Å². The van der Waals surface area contributed by atoms with Crippen LogP contribution in [0.4, 0.5) is 5.82 Å². The van der Waals surface area contributed by atoms with Crippen LogP contribution in [0.25, 0.3) is 0 Å². The number of amides is 1. The molecule has 0 aliphatic heterocycles. The Labute approximate surface area is 143 Å². The van der Waals surface area contributed by atoms with Gasteiger partial charge < -0.3 is 5.32 Å². The highest BCUT2D eigenvalue weighted by molar-refractivity contribution is 7.99. The molecule has 1 N–H and O–H groups in total. The maximum Gasteiger partial charge on any atom is 0.235 e. The van der Waals surface area contributed by atoms with Crippen LogP contribution < -0.4 is 5.32 Å². The lowest BCUT2D eigenvalue weighted by molar-refractivity contribution is -0.113. The number of carbonyl (C=O) groups excluding carboxylic acids is 1. The van der Waals surface area contributed by atoms with Gasteiger partial charge in [0.15, 0.2) is 0 Å². The second-order valence-electron chi connectivity index (χ2n) is 5.29. The highest BCUT2D eigenvalue weighted by atomic mass is 32.2. The molecule has 24 heavy (non-hydrogen) atoms. The fourth-order valence-electron chi connectivity index (χ4n) is 2.20. The number of hydrogen-bond donors (Lipinski definition) is 1. The highest BCUT2D eigenvalue weighted by Crippen LogP contribution is 2.15. The fraction of sp³-hybridized carbons (Fsp3) is 0.267. The third-order valence-electron chi connectivity index (χ3n) is 3.31. The number of carbonyl (C=O) groups is 1. The molecule has 8 nitrogen and oxygen atoms in total. The van der Waals surface area contributed by atoms with Crippen molar-refractivity contribution in [2.24, 2.45) is 7.05 Å². The largest absolute Gasteiger partial charge is 0.310 e. The highest BCUT2D eigenvalue weighted by Gasteiger charge is 2.11. The van der Waals surface area contributed by atoms with E-state index in [-0.39, 0.29) is 11.7 Å². The second-order valence-corrected chi connectivity index (χ2v) is 6.23. The minimum atomic E-state index is -0.131. The Morgan fingerprint density at radius 1 is 1.33 bits per heavy atom. The van der Waals surface area contributed by atoms with Crippen molar-refractivity contribution in [1.29, 1.82) is 0 Å². The molecule has 2 heterocycles. The van der Waals surface area contributed by atoms with Gasteiger partial charge in [0.25, 0.3) is 0 Å². The van der Waals surface area contributed by atoms with Crippen LogP contribution in [0.5, 0.6) is 0 Å². The zero-order chi connectivity index (χ0) is 16.9. The first kappa shape index (κ1) is 16.2. The van der Waals surface area contributed by atoms with Crippen LogP contribution in [0.15, 0.2) is 41.7 Å². The van der Waals surface area contributed by atoms with Gasteiger partial charge in [-0.3, -0.25) is 4.79 Å². The van der Waals surface area contributed by atoms with Crippen molar-refractivity contribution in [3.8, 4) is 0 Å². The summed E-state index contributed by atoms with van der Waals surface area (Å²) in [4.78, 5) is 12.1. The molecule has 3 rings (SSSR count). The van der Waals surface area contributed by atoms with Gasteiger partial charge in [0, 0.05) is 13.1 Å². The van der Waals surface area contributed by atoms with Crippen molar-refractivity contribution >= 4 is 23.5 Å². The predicted octanol–water partition coefficient (Wildman–Crippen LogP) is 1.49. The summed E-state index contributed by atoms with van der Waals surface area (Å²) < 4.78 is 3.29. The van der Waals surface area contributed by atoms with Crippen molar-refractivity contribution in [2.75, 3.05) is 11.1 Å². The van der Waals surface area contributed by atoms with Gasteiger partial charge in [-0.15, -0.1) is 5.10 Å². The first-order valence-electron chi connectivity index (χ1n) is 7.34. The van der Waals surface area contributed by atoms with E-state index in [1.54, 1.807) is 24.0 Å². The van der Waals surface area contributed by atoms with Crippen LogP contribution in [0.3, 0.4) is 0 Å². The number of nitrogens with one attached hydrogen (secondary N) is 1. The molecule has 9 heteroatoms. The Hall–Kier alpha value is -2.68. The van der Waals surface area contributed by atoms with Gasteiger partial charge in [0.2, 0.25) is 11.1 Å². The first-order valence-corrected chi connectivity index (χ1v) is 8.33. The number of rotatable bonds is 6. The molecule has 0 aliphatic carbocycles. The van der Waals surface area contributed by atoms with Crippen LogP contribution in [0, 0.1) is 6.92 Å². The monoisotopic (exact) mass is 343 g/mol. The summed E-state index contributed by atoms with van der Waals surface area (Å²) in [5.74, 6) is 0.760. The molecule has 0 aliphatic rings. The minimum absolute atomic E-state index is 0.131. The number of benzene rings is 1. The lowest BCUT2D eigenvalue weighted by Crippen LogP contribution is -2.18. The molecule has 0 spiro atoms. The Balaban J connectivity index is 1.60. The average molecular weight is 343 g/mol. The van der Waals surface area contributed by atoms with Gasteiger partial charge in [0.1, 0.15) is 5.82 Å². The molecule has 0 unspecified atom stereocenters. The smallest absolute Gasteiger partial charge is 0.235 e. The molecule has 0 radical (unpaired) electrons. The van der Waals surface area contributed by atoms with Crippen LogP contribution in [0.2, 0.25) is 0 Å². The molecule has 124 valence electrons. The average Bonchev–Trinajstić information content (AvgIpc) is 3.15. The first-order chi connectivity index (χ1) is 11.6. The van der Waals surface area contributed by atoms with Crippen LogP contribution in [-0.4, -0.2) is 41.6 Å². The molecule has 0 atom stereocenters. The van der Waals surface area contributed by atoms with Crippen molar-refractivity contribution in [3.05, 3.63) is 47.7 Å². The molecular formula is C15H17N7OS. The number of anilines is 1. The third kappa shape index (κ3) is 3.99. The zero-order valence-electron chi connectivity index (χ0n) is 13.4. The summed E-state index contributed by atoms with van der Waals surface area (Å²) in [6.07, 6.45) is 1.67. The lowest BCUT2D eigenvalue weighted by Gasteiger charge is -2.09. The van der Waals surface area contributed by atoms with E-state index in [2.05, 4.69) is 32.0 Å². The van der Waals surface area contributed by atoms with Gasteiger partial charge >= 0.3 is 0 Å². The summed E-state index contributed by atoms with van der Waals surface area (Å²) in [6, 6.07) is 9.98. The number of hydrogen-bond acceptors (Lipinski definition) is 6. The van der Waals surface area contributed by atoms with Gasteiger partial charge in [-0.2, -0.15) is 5.10 Å². The van der Waals surface area contributed by atoms with Gasteiger partial charge in [-0.05, 0) is 22.9 Å². The van der Waals surface area contributed by atoms with Gasteiger partial charge in [-0.1, -0.05) is 41.6 Å². The van der Waals surface area contributed by atoms with Crippen LogP contribution in [-0.2, 0) is 18.4 Å². The quantitative estimate of drug-likeness (QED) is 0.682. The SMILES string of the molecule is Cc1cccc(Cn2nccc2NC(=O)CSc2nnnn2C)c1. The molecule has 2 aromatic heterocycles. The number of aryl methyl sites for hydroxylation is 2. The summed E-state index contributed by atoms with van der Waals surface area (Å²) >= 11 is 1.28. The molecule has 0 saturated carbocycles. The van der Waals surface area contributed by atoms with Crippen LogP contribution in [0.1, 0.15) is 11.1 Å². The predicted molar refractivity (Wildman–Crippen MR) is 90.7 cm³/mol. The summed E-state index contributed by atoms with van der Waals surface area (Å²) in [5, 5.41) is 18.8. The Morgan fingerprint density at radius 2 is 2.21 bits per heavy atom. The molecule has 1 aromatic carbocycles. The minimum Gasteiger partial charge on any atom is -0.310 e. The molecule has 0 bridgehead atoms. The maximum atomic E-state index is 12.1. The molecule has 1 amide bonds. The van der Waals surface area contributed by atoms with E-state index in [1.807, 2.05) is 25.1 Å². The van der Waals surface area contributed by atoms with Crippen LogP contribution >= 0.6 is 11.8 Å². The summed E-state index contributed by atoms with van der Waals surface area (Å²) in [7, 11) is 1.73. The normalized spacial score (nSPS) is 10.8. The van der Waals surface area contributed by atoms with E-state index in [1.165, 1.54) is 22.0 Å². The number of thioether (sulfide) groups is 1. The van der Waals surface area contributed by atoms with Crippen molar-refractivity contribution in [1.82, 2.24) is 30.0 Å². The zero-order valence-corrected chi connectivity index (χ0v) is 14.2. The fourth-order valence-corrected chi connectivity index (χ4v) is 2.85. The molecule has 0 fully saturated rings. The summed E-state index contributed by atoms with van der Waals surface area (Å²) in [6.45, 7) is 2.65. The maximum absolute atomic E-state index is 12.1. The summed E-state index contributed by atoms with van der Waals surface area (Å²) in [5.41, 5.74) is 2.33. The Kier molecular flexibility index (Phi) is 4.90. The van der Waals surface area contributed by atoms with E-state index in [0.29, 0.717) is 17.5 Å². The van der Waals surface area contributed by atoms with Crippen molar-refractivity contribution in [3.63, 3.8) is 0 Å². The Bertz CT molecular complexity index is 842. The second kappa shape index (κ2) is 7.26. The van der Waals surface area contributed by atoms with Gasteiger partial charge in [0.05, 0.1) is 18.5 Å². The van der Waals surface area contributed by atoms with Crippen molar-refractivity contribution < 1.29 is 4.79 Å². The topological polar surface area (TPSA) is 90.5 Å². The Morgan fingerprint density at radius 3 is 2.96 bits per heavy atom. The third-order valence-corrected chi connectivity index (χ3v) is 4.32. The molecular weight excluding hydrogens is 326 g/mol. The van der Waals surface area contributed by atoms with Crippen molar-refractivity contribution in [2.45, 2.75) is 18.6 Å². The number of nitrogens with zero attached hydrogens (tertiary/aromatic N) is 6.